The maximum absolute atomic E-state index is 6.04. The zero-order valence-corrected chi connectivity index (χ0v) is 12.4. The van der Waals surface area contributed by atoms with E-state index in [-0.39, 0.29) is 6.10 Å². The number of benzene rings is 1. The number of hydrogen-bond acceptors (Lipinski definition) is 4. The molecule has 3 rings (SSSR count). The van der Waals surface area contributed by atoms with Crippen LogP contribution in [0.4, 0.5) is 0 Å². The van der Waals surface area contributed by atoms with Crippen molar-refractivity contribution >= 4 is 11.6 Å². The number of nitrogens with one attached hydrogen (secondary N) is 2. The van der Waals surface area contributed by atoms with Gasteiger partial charge in [-0.05, 0) is 18.2 Å². The maximum Gasteiger partial charge on any atom is 0.137 e. The van der Waals surface area contributed by atoms with E-state index in [9.17, 15) is 0 Å². The average Bonchev–Trinajstić information content (AvgIpc) is 2.99. The molecular formula is C15H18ClN3O2. The smallest absolute Gasteiger partial charge is 0.137 e. The van der Waals surface area contributed by atoms with Gasteiger partial charge in [0, 0.05) is 25.2 Å². The molecule has 1 aliphatic heterocycles. The van der Waals surface area contributed by atoms with Gasteiger partial charge < -0.3 is 14.8 Å². The third kappa shape index (κ3) is 3.75. The Bertz CT molecular complexity index is 582. The van der Waals surface area contributed by atoms with Crippen LogP contribution in [0.15, 0.2) is 30.3 Å². The number of rotatable bonds is 5. The number of hydrogen-bond donors (Lipinski definition) is 2. The molecule has 0 amide bonds. The van der Waals surface area contributed by atoms with Gasteiger partial charge in [-0.1, -0.05) is 23.7 Å². The highest BCUT2D eigenvalue weighted by Crippen LogP contribution is 2.23. The van der Waals surface area contributed by atoms with Crippen molar-refractivity contribution in [2.75, 3.05) is 26.3 Å². The number of halogens is 1. The number of nitrogens with zero attached hydrogens (tertiary/aromatic N) is 1. The molecule has 112 valence electrons. The lowest BCUT2D eigenvalue weighted by atomic mass is 10.2. The molecule has 1 aromatic carbocycles. The fourth-order valence-corrected chi connectivity index (χ4v) is 2.45. The summed E-state index contributed by atoms with van der Waals surface area (Å²) < 4.78 is 11.3. The average molecular weight is 308 g/mol. The number of aromatic amines is 1. The standard InChI is InChI=1S/C15H18ClN3O2/c16-12-3-1-2-4-14(12)20-7-5-11-9-13(19-18-11)15-10-17-6-8-21-15/h1-4,9,15,17H,5-8,10H2,(H,18,19)/t15-/m0/s1. The van der Waals surface area contributed by atoms with Crippen LogP contribution in [0.2, 0.25) is 5.02 Å². The molecule has 1 atom stereocenters. The van der Waals surface area contributed by atoms with Crippen LogP contribution in [0.25, 0.3) is 0 Å². The number of morpholine rings is 1. The summed E-state index contributed by atoms with van der Waals surface area (Å²) in [6.45, 7) is 2.98. The molecule has 1 fully saturated rings. The predicted molar refractivity (Wildman–Crippen MR) is 80.8 cm³/mol. The summed E-state index contributed by atoms with van der Waals surface area (Å²) >= 11 is 6.04. The zero-order chi connectivity index (χ0) is 14.5. The van der Waals surface area contributed by atoms with Gasteiger partial charge in [0.2, 0.25) is 0 Å². The van der Waals surface area contributed by atoms with Crippen molar-refractivity contribution in [1.29, 1.82) is 0 Å². The molecule has 0 radical (unpaired) electrons. The first-order valence-electron chi connectivity index (χ1n) is 7.07. The van der Waals surface area contributed by atoms with Gasteiger partial charge in [-0.2, -0.15) is 5.10 Å². The SMILES string of the molecule is Clc1ccccc1OCCc1cc([C@@H]2CNCCO2)n[nH]1. The Labute approximate surface area is 128 Å². The summed E-state index contributed by atoms with van der Waals surface area (Å²) in [5, 5.41) is 11.3. The van der Waals surface area contributed by atoms with Crippen LogP contribution in [0.1, 0.15) is 17.5 Å². The van der Waals surface area contributed by atoms with Crippen molar-refractivity contribution in [1.82, 2.24) is 15.5 Å². The quantitative estimate of drug-likeness (QED) is 0.890. The summed E-state index contributed by atoms with van der Waals surface area (Å²) in [4.78, 5) is 0. The fourth-order valence-electron chi connectivity index (χ4n) is 2.26. The summed E-state index contributed by atoms with van der Waals surface area (Å²) in [7, 11) is 0. The van der Waals surface area contributed by atoms with E-state index >= 15 is 0 Å². The van der Waals surface area contributed by atoms with Crippen molar-refractivity contribution in [3.63, 3.8) is 0 Å². The second kappa shape index (κ2) is 6.93. The van der Waals surface area contributed by atoms with Crippen molar-refractivity contribution in [3.05, 3.63) is 46.7 Å². The van der Waals surface area contributed by atoms with E-state index < -0.39 is 0 Å². The Morgan fingerprint density at radius 2 is 2.29 bits per heavy atom. The molecule has 2 heterocycles. The van der Waals surface area contributed by atoms with Crippen LogP contribution in [0.3, 0.4) is 0 Å². The van der Waals surface area contributed by atoms with Crippen molar-refractivity contribution in [3.8, 4) is 5.75 Å². The normalized spacial score (nSPS) is 18.6. The Balaban J connectivity index is 1.52. The highest BCUT2D eigenvalue weighted by Gasteiger charge is 2.18. The molecule has 5 nitrogen and oxygen atoms in total. The topological polar surface area (TPSA) is 59.2 Å². The zero-order valence-electron chi connectivity index (χ0n) is 11.6. The van der Waals surface area contributed by atoms with E-state index in [1.54, 1.807) is 0 Å². The first kappa shape index (κ1) is 14.4. The molecule has 1 aliphatic rings. The van der Waals surface area contributed by atoms with Crippen LogP contribution in [0, 0.1) is 0 Å². The summed E-state index contributed by atoms with van der Waals surface area (Å²) in [6, 6.07) is 9.51. The molecule has 0 unspecified atom stereocenters. The Hall–Kier alpha value is -1.56. The first-order chi connectivity index (χ1) is 10.3. The highest BCUT2D eigenvalue weighted by molar-refractivity contribution is 6.32. The van der Waals surface area contributed by atoms with Crippen molar-refractivity contribution in [2.24, 2.45) is 0 Å². The van der Waals surface area contributed by atoms with Crippen LogP contribution in [-0.2, 0) is 11.2 Å². The lowest BCUT2D eigenvalue weighted by molar-refractivity contribution is 0.0250. The molecule has 0 aliphatic carbocycles. The minimum atomic E-state index is 0.0354. The predicted octanol–water partition coefficient (Wildman–Crippen LogP) is 2.35. The van der Waals surface area contributed by atoms with Crippen molar-refractivity contribution in [2.45, 2.75) is 12.5 Å². The number of para-hydroxylation sites is 1. The molecule has 2 N–H and O–H groups in total. The van der Waals surface area contributed by atoms with Gasteiger partial charge in [-0.3, -0.25) is 5.10 Å². The van der Waals surface area contributed by atoms with E-state index in [4.69, 9.17) is 21.1 Å². The van der Waals surface area contributed by atoms with Crippen LogP contribution < -0.4 is 10.1 Å². The fraction of sp³-hybridized carbons (Fsp3) is 0.400. The minimum absolute atomic E-state index is 0.0354. The third-order valence-electron chi connectivity index (χ3n) is 3.37. The summed E-state index contributed by atoms with van der Waals surface area (Å²) in [5.74, 6) is 0.707. The molecule has 21 heavy (non-hydrogen) atoms. The van der Waals surface area contributed by atoms with Crippen LogP contribution in [0.5, 0.6) is 5.75 Å². The maximum atomic E-state index is 6.04. The van der Waals surface area contributed by atoms with Crippen LogP contribution in [-0.4, -0.2) is 36.5 Å². The Morgan fingerprint density at radius 1 is 1.38 bits per heavy atom. The monoisotopic (exact) mass is 307 g/mol. The molecule has 1 aromatic heterocycles. The van der Waals surface area contributed by atoms with Gasteiger partial charge in [-0.25, -0.2) is 0 Å². The van der Waals surface area contributed by atoms with E-state index in [0.717, 1.165) is 37.5 Å². The Kier molecular flexibility index (Phi) is 4.75. The molecule has 2 aromatic rings. The lowest BCUT2D eigenvalue weighted by Gasteiger charge is -2.21. The second-order valence-corrected chi connectivity index (χ2v) is 5.32. The van der Waals surface area contributed by atoms with Crippen molar-refractivity contribution < 1.29 is 9.47 Å². The molecule has 0 bridgehead atoms. The van der Waals surface area contributed by atoms with Crippen LogP contribution >= 0.6 is 11.6 Å². The van der Waals surface area contributed by atoms with Gasteiger partial charge in [0.25, 0.3) is 0 Å². The second-order valence-electron chi connectivity index (χ2n) is 4.91. The van der Waals surface area contributed by atoms with Gasteiger partial charge in [-0.15, -0.1) is 0 Å². The van der Waals surface area contributed by atoms with Gasteiger partial charge in [0.05, 0.1) is 23.9 Å². The third-order valence-corrected chi connectivity index (χ3v) is 3.69. The number of aromatic nitrogens is 2. The van der Waals surface area contributed by atoms with E-state index in [1.807, 2.05) is 30.3 Å². The molecule has 6 heteroatoms. The van der Waals surface area contributed by atoms with E-state index in [2.05, 4.69) is 15.5 Å². The molecule has 0 spiro atoms. The summed E-state index contributed by atoms with van der Waals surface area (Å²) in [6.07, 6.45) is 0.784. The number of ether oxygens (including phenoxy) is 2. The highest BCUT2D eigenvalue weighted by atomic mass is 35.5. The van der Waals surface area contributed by atoms with E-state index in [1.165, 1.54) is 0 Å². The summed E-state index contributed by atoms with van der Waals surface area (Å²) in [5.41, 5.74) is 1.97. The van der Waals surface area contributed by atoms with Gasteiger partial charge >= 0.3 is 0 Å². The minimum Gasteiger partial charge on any atom is -0.492 e. The van der Waals surface area contributed by atoms with Gasteiger partial charge in [0.1, 0.15) is 11.9 Å². The molecule has 0 saturated carbocycles. The number of H-pyrrole nitrogens is 1. The molecule has 1 saturated heterocycles. The molecular weight excluding hydrogens is 290 g/mol. The first-order valence-corrected chi connectivity index (χ1v) is 7.44. The Morgan fingerprint density at radius 3 is 3.10 bits per heavy atom. The largest absolute Gasteiger partial charge is 0.492 e. The van der Waals surface area contributed by atoms with Gasteiger partial charge in [0.15, 0.2) is 0 Å². The van der Waals surface area contributed by atoms with E-state index in [0.29, 0.717) is 17.4 Å². The lowest BCUT2D eigenvalue weighted by Crippen LogP contribution is -2.33.